The molecule has 0 saturated heterocycles. The molecule has 0 aliphatic carbocycles. The summed E-state index contributed by atoms with van der Waals surface area (Å²) in [5, 5.41) is 11.6. The van der Waals surface area contributed by atoms with E-state index in [1.54, 1.807) is 0 Å². The van der Waals surface area contributed by atoms with E-state index in [-0.39, 0.29) is 23.7 Å². The van der Waals surface area contributed by atoms with Crippen LogP contribution >= 0.6 is 0 Å². The minimum Gasteiger partial charge on any atom is -0.480 e. The molecule has 0 fully saturated rings. The molecule has 0 spiro atoms. The van der Waals surface area contributed by atoms with Crippen molar-refractivity contribution in [1.29, 1.82) is 0 Å². The van der Waals surface area contributed by atoms with Crippen molar-refractivity contribution in [3.63, 3.8) is 0 Å². The molecule has 0 heterocycles. The van der Waals surface area contributed by atoms with Gasteiger partial charge in [0.1, 0.15) is 6.04 Å². The molecule has 1 unspecified atom stereocenters. The lowest BCUT2D eigenvalue weighted by Gasteiger charge is -2.20. The van der Waals surface area contributed by atoms with Crippen molar-refractivity contribution in [3.05, 3.63) is 0 Å². The van der Waals surface area contributed by atoms with Crippen molar-refractivity contribution in [2.45, 2.75) is 47.1 Å². The van der Waals surface area contributed by atoms with Crippen LogP contribution in [0.25, 0.3) is 0 Å². The van der Waals surface area contributed by atoms with Crippen LogP contribution in [0, 0.1) is 17.8 Å². The molecule has 2 atom stereocenters. The van der Waals surface area contributed by atoms with Gasteiger partial charge in [0.2, 0.25) is 5.91 Å². The van der Waals surface area contributed by atoms with E-state index in [2.05, 4.69) is 5.32 Å². The summed E-state index contributed by atoms with van der Waals surface area (Å²) in [5.74, 6) is -0.834. The Labute approximate surface area is 97.4 Å². The third kappa shape index (κ3) is 5.14. The SMILES string of the molecule is CC(C)C[C@H](NC(=O)C(C)C(C)C)C(=O)O. The molecule has 0 aromatic heterocycles. The largest absolute Gasteiger partial charge is 0.480 e. The number of amides is 1. The Balaban J connectivity index is 4.40. The number of carbonyl (C=O) groups is 2. The summed E-state index contributed by atoms with van der Waals surface area (Å²) in [6.07, 6.45) is 0.464. The first kappa shape index (κ1) is 14.9. The number of nitrogens with one attached hydrogen (secondary N) is 1. The standard InChI is InChI=1S/C12H23NO3/c1-7(2)6-10(12(15)16)13-11(14)9(5)8(3)4/h7-10H,6H2,1-5H3,(H,13,14)(H,15,16)/t9?,10-/m0/s1. The van der Waals surface area contributed by atoms with E-state index in [0.29, 0.717) is 6.42 Å². The quantitative estimate of drug-likeness (QED) is 0.731. The van der Waals surface area contributed by atoms with Crippen LogP contribution in [-0.2, 0) is 9.59 Å². The second kappa shape index (κ2) is 6.51. The fourth-order valence-electron chi connectivity index (χ4n) is 1.30. The summed E-state index contributed by atoms with van der Waals surface area (Å²) in [6, 6.07) is -0.770. The maximum Gasteiger partial charge on any atom is 0.326 e. The number of carboxylic acids is 1. The zero-order valence-corrected chi connectivity index (χ0v) is 10.8. The lowest BCUT2D eigenvalue weighted by atomic mass is 9.96. The van der Waals surface area contributed by atoms with Gasteiger partial charge in [0, 0.05) is 5.92 Å². The monoisotopic (exact) mass is 229 g/mol. The minimum atomic E-state index is -0.960. The molecular weight excluding hydrogens is 206 g/mol. The summed E-state index contributed by atoms with van der Waals surface area (Å²) in [6.45, 7) is 9.58. The maximum atomic E-state index is 11.7. The molecule has 0 rings (SSSR count). The fraction of sp³-hybridized carbons (Fsp3) is 0.833. The highest BCUT2D eigenvalue weighted by Crippen LogP contribution is 2.11. The molecular formula is C12H23NO3. The molecule has 0 aromatic carbocycles. The zero-order valence-electron chi connectivity index (χ0n) is 10.8. The molecule has 0 saturated carbocycles. The summed E-state index contributed by atoms with van der Waals surface area (Å²) in [4.78, 5) is 22.7. The van der Waals surface area contributed by atoms with E-state index in [0.717, 1.165) is 0 Å². The lowest BCUT2D eigenvalue weighted by Crippen LogP contribution is -2.44. The molecule has 0 radical (unpaired) electrons. The number of carbonyl (C=O) groups excluding carboxylic acids is 1. The van der Waals surface area contributed by atoms with Gasteiger partial charge in [-0.25, -0.2) is 4.79 Å². The molecule has 4 nitrogen and oxygen atoms in total. The van der Waals surface area contributed by atoms with Crippen LogP contribution in [-0.4, -0.2) is 23.0 Å². The second-order valence-corrected chi connectivity index (χ2v) is 5.06. The molecule has 16 heavy (non-hydrogen) atoms. The van der Waals surface area contributed by atoms with Gasteiger partial charge in [0.25, 0.3) is 0 Å². The number of carboxylic acid groups (broad SMARTS) is 1. The highest BCUT2D eigenvalue weighted by atomic mass is 16.4. The summed E-state index contributed by atoms with van der Waals surface area (Å²) < 4.78 is 0. The summed E-state index contributed by atoms with van der Waals surface area (Å²) in [7, 11) is 0. The average Bonchev–Trinajstić information content (AvgIpc) is 2.14. The Morgan fingerprint density at radius 1 is 1.12 bits per heavy atom. The molecule has 0 aliphatic rings. The van der Waals surface area contributed by atoms with Crippen molar-refractivity contribution in [2.24, 2.45) is 17.8 Å². The Morgan fingerprint density at radius 2 is 1.62 bits per heavy atom. The first-order valence-corrected chi connectivity index (χ1v) is 5.78. The predicted molar refractivity (Wildman–Crippen MR) is 63.0 cm³/mol. The molecule has 2 N–H and O–H groups in total. The Bertz CT molecular complexity index is 249. The van der Waals surface area contributed by atoms with Crippen molar-refractivity contribution in [2.75, 3.05) is 0 Å². The third-order valence-electron chi connectivity index (χ3n) is 2.74. The summed E-state index contributed by atoms with van der Waals surface area (Å²) >= 11 is 0. The smallest absolute Gasteiger partial charge is 0.326 e. The number of aliphatic carboxylic acids is 1. The lowest BCUT2D eigenvalue weighted by molar-refractivity contribution is -0.143. The van der Waals surface area contributed by atoms with Crippen LogP contribution < -0.4 is 5.32 Å². The fourth-order valence-corrected chi connectivity index (χ4v) is 1.30. The highest BCUT2D eigenvalue weighted by Gasteiger charge is 2.24. The molecule has 0 bridgehead atoms. The van der Waals surface area contributed by atoms with Gasteiger partial charge >= 0.3 is 5.97 Å². The van der Waals surface area contributed by atoms with Gasteiger partial charge in [-0.2, -0.15) is 0 Å². The van der Waals surface area contributed by atoms with Crippen molar-refractivity contribution in [3.8, 4) is 0 Å². The van der Waals surface area contributed by atoms with Gasteiger partial charge in [-0.15, -0.1) is 0 Å². The first-order chi connectivity index (χ1) is 7.25. The van der Waals surface area contributed by atoms with E-state index in [1.165, 1.54) is 0 Å². The molecule has 94 valence electrons. The van der Waals surface area contributed by atoms with E-state index in [1.807, 2.05) is 34.6 Å². The van der Waals surface area contributed by atoms with Crippen LogP contribution in [0.5, 0.6) is 0 Å². The molecule has 1 amide bonds. The van der Waals surface area contributed by atoms with E-state index in [4.69, 9.17) is 5.11 Å². The van der Waals surface area contributed by atoms with E-state index < -0.39 is 12.0 Å². The van der Waals surface area contributed by atoms with Crippen molar-refractivity contribution < 1.29 is 14.7 Å². The Hall–Kier alpha value is -1.06. The van der Waals surface area contributed by atoms with Crippen LogP contribution in [0.1, 0.15) is 41.0 Å². The highest BCUT2D eigenvalue weighted by molar-refractivity contribution is 5.84. The first-order valence-electron chi connectivity index (χ1n) is 5.78. The summed E-state index contributed by atoms with van der Waals surface area (Å²) in [5.41, 5.74) is 0. The molecule has 0 aromatic rings. The van der Waals surface area contributed by atoms with Gasteiger partial charge < -0.3 is 10.4 Å². The second-order valence-electron chi connectivity index (χ2n) is 5.06. The number of rotatable bonds is 6. The predicted octanol–water partition coefficient (Wildman–Crippen LogP) is 1.89. The maximum absolute atomic E-state index is 11.7. The molecule has 0 aliphatic heterocycles. The third-order valence-corrected chi connectivity index (χ3v) is 2.74. The van der Waals surface area contributed by atoms with Gasteiger partial charge in [-0.3, -0.25) is 4.79 Å². The van der Waals surface area contributed by atoms with Crippen molar-refractivity contribution >= 4 is 11.9 Å². The van der Waals surface area contributed by atoms with E-state index in [9.17, 15) is 9.59 Å². The topological polar surface area (TPSA) is 66.4 Å². The van der Waals surface area contributed by atoms with Gasteiger partial charge in [-0.1, -0.05) is 34.6 Å². The number of hydrogen-bond donors (Lipinski definition) is 2. The van der Waals surface area contributed by atoms with Gasteiger partial charge in [0.05, 0.1) is 0 Å². The minimum absolute atomic E-state index is 0.158. The van der Waals surface area contributed by atoms with Gasteiger partial charge in [0.15, 0.2) is 0 Å². The van der Waals surface area contributed by atoms with Crippen LogP contribution in [0.4, 0.5) is 0 Å². The Kier molecular flexibility index (Phi) is 6.08. The normalized spacial score (nSPS) is 14.9. The molecule has 4 heteroatoms. The van der Waals surface area contributed by atoms with Crippen LogP contribution in [0.2, 0.25) is 0 Å². The van der Waals surface area contributed by atoms with Crippen LogP contribution in [0.3, 0.4) is 0 Å². The Morgan fingerprint density at radius 3 is 1.94 bits per heavy atom. The number of hydrogen-bond acceptors (Lipinski definition) is 2. The van der Waals surface area contributed by atoms with E-state index >= 15 is 0 Å². The zero-order chi connectivity index (χ0) is 12.9. The average molecular weight is 229 g/mol. The van der Waals surface area contributed by atoms with Crippen LogP contribution in [0.15, 0.2) is 0 Å². The van der Waals surface area contributed by atoms with Crippen molar-refractivity contribution in [1.82, 2.24) is 5.32 Å². The van der Waals surface area contributed by atoms with Gasteiger partial charge in [-0.05, 0) is 18.3 Å².